The number of aromatic nitrogens is 4. The smallest absolute Gasteiger partial charge is 0.224 e. The Labute approximate surface area is 164 Å². The van der Waals surface area contributed by atoms with Gasteiger partial charge >= 0.3 is 0 Å². The van der Waals surface area contributed by atoms with E-state index in [1.54, 1.807) is 6.33 Å². The largest absolute Gasteiger partial charge is 0.391 e. The van der Waals surface area contributed by atoms with Crippen LogP contribution in [0.4, 0.5) is 11.8 Å². The summed E-state index contributed by atoms with van der Waals surface area (Å²) in [6.07, 6.45) is 8.06. The fourth-order valence-electron chi connectivity index (χ4n) is 3.09. The molecule has 1 aliphatic rings. The Bertz CT molecular complexity index is 1030. The third-order valence-electron chi connectivity index (χ3n) is 4.82. The van der Waals surface area contributed by atoms with Crippen LogP contribution in [0.2, 0.25) is 0 Å². The number of hydrogen-bond acceptors (Lipinski definition) is 6. The number of nitrogens with one attached hydrogen (secondary N) is 4. The van der Waals surface area contributed by atoms with Gasteiger partial charge in [0.15, 0.2) is 0 Å². The van der Waals surface area contributed by atoms with E-state index in [0.29, 0.717) is 18.4 Å². The van der Waals surface area contributed by atoms with Gasteiger partial charge in [-0.25, -0.2) is 9.97 Å². The standard InChI is InChI=1S/C21H25N7/c1-13-10-23-21(24-11-15-4-7-17-19(9-15)26-12-25-17)28-20(13)27-14(2)8-18(22-3)16-5-6-16/h4,7-10,12,16,22H,2,5-6,11H2,1,3H3,(H,25,26)(H2,23,24,27,28)/b18-8-. The van der Waals surface area contributed by atoms with Gasteiger partial charge < -0.3 is 20.9 Å². The molecule has 1 saturated carbocycles. The number of anilines is 2. The first kappa shape index (κ1) is 18.0. The number of fused-ring (bicyclic) bond motifs is 1. The van der Waals surface area contributed by atoms with Crippen LogP contribution in [0, 0.1) is 12.8 Å². The van der Waals surface area contributed by atoms with Crippen LogP contribution in [0.25, 0.3) is 11.0 Å². The van der Waals surface area contributed by atoms with Crippen molar-refractivity contribution in [3.63, 3.8) is 0 Å². The molecule has 0 spiro atoms. The highest BCUT2D eigenvalue weighted by Gasteiger charge is 2.25. The average molecular weight is 375 g/mol. The van der Waals surface area contributed by atoms with E-state index in [4.69, 9.17) is 0 Å². The number of hydrogen-bond donors (Lipinski definition) is 4. The lowest BCUT2D eigenvalue weighted by Gasteiger charge is -2.12. The summed E-state index contributed by atoms with van der Waals surface area (Å²) in [5.74, 6) is 1.97. The lowest BCUT2D eigenvalue weighted by Crippen LogP contribution is -2.11. The zero-order chi connectivity index (χ0) is 19.5. The van der Waals surface area contributed by atoms with Crippen LogP contribution >= 0.6 is 0 Å². The predicted molar refractivity (Wildman–Crippen MR) is 113 cm³/mol. The van der Waals surface area contributed by atoms with Crippen molar-refractivity contribution in [2.45, 2.75) is 26.3 Å². The van der Waals surface area contributed by atoms with Crippen molar-refractivity contribution in [1.82, 2.24) is 25.3 Å². The molecule has 0 amide bonds. The topological polar surface area (TPSA) is 90.5 Å². The Morgan fingerprint density at radius 3 is 2.96 bits per heavy atom. The number of aryl methyl sites for hydroxylation is 1. The second kappa shape index (κ2) is 7.72. The lowest BCUT2D eigenvalue weighted by molar-refractivity contribution is 0.844. The first-order chi connectivity index (χ1) is 13.6. The summed E-state index contributed by atoms with van der Waals surface area (Å²) in [5.41, 5.74) is 6.11. The Morgan fingerprint density at radius 1 is 1.32 bits per heavy atom. The minimum atomic E-state index is 0.575. The molecule has 2 aromatic heterocycles. The maximum atomic E-state index is 4.61. The number of aromatic amines is 1. The molecule has 144 valence electrons. The highest BCUT2D eigenvalue weighted by molar-refractivity contribution is 5.75. The third-order valence-corrected chi connectivity index (χ3v) is 4.82. The molecule has 0 atom stereocenters. The quantitative estimate of drug-likeness (QED) is 0.449. The predicted octanol–water partition coefficient (Wildman–Crippen LogP) is 3.71. The molecule has 7 heteroatoms. The van der Waals surface area contributed by atoms with Gasteiger partial charge in [0.25, 0.3) is 0 Å². The van der Waals surface area contributed by atoms with Crippen LogP contribution in [-0.4, -0.2) is 27.0 Å². The number of imidazole rings is 1. The monoisotopic (exact) mass is 375 g/mol. The first-order valence-corrected chi connectivity index (χ1v) is 9.47. The van der Waals surface area contributed by atoms with E-state index in [0.717, 1.165) is 33.7 Å². The highest BCUT2D eigenvalue weighted by Crippen LogP contribution is 2.35. The number of H-pyrrole nitrogens is 1. The van der Waals surface area contributed by atoms with Crippen LogP contribution in [0.1, 0.15) is 24.0 Å². The highest BCUT2D eigenvalue weighted by atomic mass is 15.1. The van der Waals surface area contributed by atoms with Crippen LogP contribution in [-0.2, 0) is 6.54 Å². The normalized spacial score (nSPS) is 14.1. The van der Waals surface area contributed by atoms with Gasteiger partial charge in [0, 0.05) is 36.7 Å². The summed E-state index contributed by atoms with van der Waals surface area (Å²) in [4.78, 5) is 16.4. The van der Waals surface area contributed by atoms with E-state index in [-0.39, 0.29) is 0 Å². The van der Waals surface area contributed by atoms with Crippen molar-refractivity contribution < 1.29 is 0 Å². The van der Waals surface area contributed by atoms with Crippen LogP contribution < -0.4 is 16.0 Å². The Balaban J connectivity index is 1.43. The summed E-state index contributed by atoms with van der Waals surface area (Å²) < 4.78 is 0. The van der Waals surface area contributed by atoms with Gasteiger partial charge in [-0.05, 0) is 49.5 Å². The fraction of sp³-hybridized carbons (Fsp3) is 0.286. The van der Waals surface area contributed by atoms with Crippen molar-refractivity contribution in [2.75, 3.05) is 17.7 Å². The summed E-state index contributed by atoms with van der Waals surface area (Å²) in [7, 11) is 1.95. The van der Waals surface area contributed by atoms with Crippen LogP contribution in [0.5, 0.6) is 0 Å². The van der Waals surface area contributed by atoms with Gasteiger partial charge in [0.1, 0.15) is 5.82 Å². The zero-order valence-corrected chi connectivity index (χ0v) is 16.2. The molecule has 0 radical (unpaired) electrons. The number of benzene rings is 1. The van der Waals surface area contributed by atoms with E-state index < -0.39 is 0 Å². The molecule has 1 fully saturated rings. The van der Waals surface area contributed by atoms with Crippen molar-refractivity contribution >= 4 is 22.8 Å². The molecule has 0 saturated heterocycles. The van der Waals surface area contributed by atoms with Gasteiger partial charge in [-0.15, -0.1) is 0 Å². The number of nitrogens with zero attached hydrogens (tertiary/aromatic N) is 3. The molecule has 0 bridgehead atoms. The molecular formula is C21H25N7. The van der Waals surface area contributed by atoms with Crippen LogP contribution in [0.3, 0.4) is 0 Å². The summed E-state index contributed by atoms with van der Waals surface area (Å²) in [5, 5.41) is 9.85. The summed E-state index contributed by atoms with van der Waals surface area (Å²) in [6, 6.07) is 6.13. The van der Waals surface area contributed by atoms with Crippen LogP contribution in [0.15, 0.2) is 54.8 Å². The number of rotatable bonds is 8. The summed E-state index contributed by atoms with van der Waals surface area (Å²) >= 11 is 0. The molecule has 2 heterocycles. The van der Waals surface area contributed by atoms with Gasteiger partial charge in [-0.2, -0.15) is 4.98 Å². The fourth-order valence-corrected chi connectivity index (χ4v) is 3.09. The molecule has 7 nitrogen and oxygen atoms in total. The van der Waals surface area contributed by atoms with Gasteiger partial charge in [-0.1, -0.05) is 12.6 Å². The Kier molecular flexibility index (Phi) is 4.97. The van der Waals surface area contributed by atoms with E-state index in [1.165, 1.54) is 18.5 Å². The Hall–Kier alpha value is -3.35. The summed E-state index contributed by atoms with van der Waals surface area (Å²) in [6.45, 7) is 6.73. The molecule has 0 aliphatic heterocycles. The maximum absolute atomic E-state index is 4.61. The molecular weight excluding hydrogens is 350 g/mol. The minimum Gasteiger partial charge on any atom is -0.391 e. The van der Waals surface area contributed by atoms with Crippen molar-refractivity contribution in [3.05, 3.63) is 65.9 Å². The molecule has 0 unspecified atom stereocenters. The second-order valence-electron chi connectivity index (χ2n) is 7.11. The van der Waals surface area contributed by atoms with E-state index in [2.05, 4.69) is 54.6 Å². The molecule has 3 aromatic rings. The van der Waals surface area contributed by atoms with Crippen molar-refractivity contribution in [1.29, 1.82) is 0 Å². The van der Waals surface area contributed by atoms with E-state index in [9.17, 15) is 0 Å². The van der Waals surface area contributed by atoms with E-state index >= 15 is 0 Å². The molecule has 28 heavy (non-hydrogen) atoms. The average Bonchev–Trinajstić information content (AvgIpc) is 3.43. The zero-order valence-electron chi connectivity index (χ0n) is 16.2. The minimum absolute atomic E-state index is 0.575. The van der Waals surface area contributed by atoms with Crippen molar-refractivity contribution in [3.8, 4) is 0 Å². The first-order valence-electron chi connectivity index (χ1n) is 9.47. The van der Waals surface area contributed by atoms with Crippen molar-refractivity contribution in [2.24, 2.45) is 5.92 Å². The van der Waals surface area contributed by atoms with E-state index in [1.807, 2.05) is 32.3 Å². The molecule has 1 aromatic carbocycles. The van der Waals surface area contributed by atoms with Gasteiger partial charge in [0.2, 0.25) is 5.95 Å². The maximum Gasteiger partial charge on any atom is 0.224 e. The second-order valence-corrected chi connectivity index (χ2v) is 7.11. The molecule has 4 rings (SSSR count). The lowest BCUT2D eigenvalue weighted by atomic mass is 10.2. The number of allylic oxidation sites excluding steroid dienone is 2. The Morgan fingerprint density at radius 2 is 2.18 bits per heavy atom. The third kappa shape index (κ3) is 4.14. The molecule has 1 aliphatic carbocycles. The SMILES string of the molecule is C=C(/C=C(\NC)C1CC1)Nc1nc(NCc2ccc3nc[nH]c3c2)ncc1C. The van der Waals surface area contributed by atoms with Gasteiger partial charge in [0.05, 0.1) is 17.4 Å². The molecule has 4 N–H and O–H groups in total. The van der Waals surface area contributed by atoms with Gasteiger partial charge in [-0.3, -0.25) is 0 Å².